The maximum absolute atomic E-state index is 14.1. The fourth-order valence-corrected chi connectivity index (χ4v) is 7.79. The van der Waals surface area contributed by atoms with Crippen molar-refractivity contribution in [3.05, 3.63) is 113 Å². The van der Waals surface area contributed by atoms with Crippen LogP contribution in [0, 0.1) is 11.6 Å². The lowest BCUT2D eigenvalue weighted by Crippen LogP contribution is -2.42. The molecule has 0 spiro atoms. The highest BCUT2D eigenvalue weighted by molar-refractivity contribution is 5.96. The molecule has 7 rings (SSSR count). The molecule has 2 aliphatic heterocycles. The van der Waals surface area contributed by atoms with Gasteiger partial charge in [-0.3, -0.25) is 4.79 Å². The Hall–Kier alpha value is -5.16. The zero-order valence-corrected chi connectivity index (χ0v) is 29.9. The highest BCUT2D eigenvalue weighted by Crippen LogP contribution is 2.42. The molecule has 11 heteroatoms. The molecule has 0 saturated carbocycles. The topological polar surface area (TPSA) is 81.1 Å². The van der Waals surface area contributed by atoms with Crippen LogP contribution in [-0.4, -0.2) is 85.4 Å². The second-order valence-corrected chi connectivity index (χ2v) is 13.8. The van der Waals surface area contributed by atoms with Gasteiger partial charge in [-0.25, -0.2) is 13.8 Å². The predicted molar refractivity (Wildman–Crippen MR) is 198 cm³/mol. The average molecular weight is 710 g/mol. The van der Waals surface area contributed by atoms with Crippen LogP contribution in [0.25, 0.3) is 11.0 Å². The van der Waals surface area contributed by atoms with E-state index < -0.39 is 0 Å². The van der Waals surface area contributed by atoms with E-state index >= 15 is 0 Å². The molecule has 52 heavy (non-hydrogen) atoms. The third-order valence-corrected chi connectivity index (χ3v) is 10.7. The largest absolute Gasteiger partial charge is 0.493 e. The van der Waals surface area contributed by atoms with Crippen LogP contribution < -0.4 is 19.5 Å². The SMILES string of the molecule is COc1cc(C(=O)N2CCC(CCN3CCC(Nc4nc5ccccc5n4Cc4ccc(F)cc4)CC3)(c3ccc(F)cc3)C2)cc(OC)c1OC. The molecule has 1 N–H and O–H groups in total. The standard InChI is InChI=1S/C41H45F2N5O4/c1-50-36-24-29(25-37(51-2)38(36)52-3)39(49)47-23-19-41(27-47,30-10-14-32(43)15-11-30)18-22-46-20-16-33(17-21-46)44-40-45-34-6-4-5-7-35(34)48(40)26-28-8-12-31(42)13-9-28/h4-15,24-25,33H,16-23,26-27H2,1-3H3,(H,44,45). The smallest absolute Gasteiger partial charge is 0.254 e. The van der Waals surface area contributed by atoms with Gasteiger partial charge in [-0.2, -0.15) is 0 Å². The molecule has 4 aromatic carbocycles. The summed E-state index contributed by atoms with van der Waals surface area (Å²) in [5.74, 6) is 1.48. The number of ether oxygens (including phenoxy) is 3. The Morgan fingerprint density at radius 2 is 1.52 bits per heavy atom. The number of amides is 1. The van der Waals surface area contributed by atoms with Gasteiger partial charge in [0.25, 0.3) is 5.91 Å². The molecule has 3 heterocycles. The predicted octanol–water partition coefficient (Wildman–Crippen LogP) is 7.14. The van der Waals surface area contributed by atoms with E-state index in [2.05, 4.69) is 20.9 Å². The Morgan fingerprint density at radius 3 is 2.17 bits per heavy atom. The fourth-order valence-electron chi connectivity index (χ4n) is 7.79. The number of hydrogen-bond acceptors (Lipinski definition) is 7. The summed E-state index contributed by atoms with van der Waals surface area (Å²) in [6.07, 6.45) is 3.52. The minimum Gasteiger partial charge on any atom is -0.493 e. The van der Waals surface area contributed by atoms with Crippen molar-refractivity contribution in [1.82, 2.24) is 19.4 Å². The Balaban J connectivity index is 1.02. The summed E-state index contributed by atoms with van der Waals surface area (Å²) < 4.78 is 46.3. The number of likely N-dealkylation sites (tertiary alicyclic amines) is 2. The minimum atomic E-state index is -0.315. The van der Waals surface area contributed by atoms with Gasteiger partial charge in [0.2, 0.25) is 11.7 Å². The first-order valence-corrected chi connectivity index (χ1v) is 17.8. The summed E-state index contributed by atoms with van der Waals surface area (Å²) >= 11 is 0. The van der Waals surface area contributed by atoms with E-state index in [1.165, 1.54) is 45.6 Å². The van der Waals surface area contributed by atoms with E-state index in [1.807, 2.05) is 47.4 Å². The maximum Gasteiger partial charge on any atom is 0.254 e. The number of carbonyl (C=O) groups is 1. The van der Waals surface area contributed by atoms with Gasteiger partial charge < -0.3 is 33.9 Å². The summed E-state index contributed by atoms with van der Waals surface area (Å²) in [7, 11) is 4.60. The molecule has 1 atom stereocenters. The molecule has 0 aliphatic carbocycles. The molecule has 0 bridgehead atoms. The molecule has 1 unspecified atom stereocenters. The number of rotatable bonds is 12. The third-order valence-electron chi connectivity index (χ3n) is 10.7. The second-order valence-electron chi connectivity index (χ2n) is 13.8. The van der Waals surface area contributed by atoms with Crippen molar-refractivity contribution in [2.45, 2.75) is 43.7 Å². The van der Waals surface area contributed by atoms with E-state index in [-0.39, 0.29) is 29.0 Å². The molecule has 272 valence electrons. The monoisotopic (exact) mass is 709 g/mol. The van der Waals surface area contributed by atoms with Gasteiger partial charge >= 0.3 is 0 Å². The number of methoxy groups -OCH3 is 3. The highest BCUT2D eigenvalue weighted by atomic mass is 19.1. The highest BCUT2D eigenvalue weighted by Gasteiger charge is 2.42. The van der Waals surface area contributed by atoms with Crippen LogP contribution in [0.2, 0.25) is 0 Å². The summed E-state index contributed by atoms with van der Waals surface area (Å²) in [4.78, 5) is 23.2. The number of anilines is 1. The Bertz CT molecular complexity index is 1990. The zero-order chi connectivity index (χ0) is 36.2. The number of benzene rings is 4. The van der Waals surface area contributed by atoms with Crippen molar-refractivity contribution in [3.8, 4) is 17.2 Å². The van der Waals surface area contributed by atoms with E-state index in [4.69, 9.17) is 19.2 Å². The van der Waals surface area contributed by atoms with Crippen LogP contribution in [0.1, 0.15) is 47.2 Å². The summed E-state index contributed by atoms with van der Waals surface area (Å²) in [5.41, 5.74) is 4.16. The van der Waals surface area contributed by atoms with E-state index in [0.29, 0.717) is 42.4 Å². The summed E-state index contributed by atoms with van der Waals surface area (Å²) in [6, 6.07) is 25.1. The lowest BCUT2D eigenvalue weighted by Gasteiger charge is -2.36. The molecule has 0 radical (unpaired) electrons. The summed E-state index contributed by atoms with van der Waals surface area (Å²) in [5, 5.41) is 3.73. The molecule has 1 aromatic heterocycles. The normalized spacial score (nSPS) is 18.1. The lowest BCUT2D eigenvalue weighted by atomic mass is 9.76. The number of hydrogen-bond donors (Lipinski definition) is 1. The Kier molecular flexibility index (Phi) is 10.3. The average Bonchev–Trinajstić information content (AvgIpc) is 3.77. The Labute approximate surface area is 303 Å². The van der Waals surface area contributed by atoms with Crippen LogP contribution in [0.5, 0.6) is 17.2 Å². The summed E-state index contributed by atoms with van der Waals surface area (Å²) in [6.45, 7) is 4.40. The number of imidazole rings is 1. The number of nitrogens with zero attached hydrogens (tertiary/aromatic N) is 4. The number of halogens is 2. The van der Waals surface area contributed by atoms with E-state index in [9.17, 15) is 13.6 Å². The first kappa shape index (κ1) is 35.3. The number of fused-ring (bicyclic) bond motifs is 1. The number of nitrogens with one attached hydrogen (secondary N) is 1. The van der Waals surface area contributed by atoms with Gasteiger partial charge in [0.1, 0.15) is 11.6 Å². The minimum absolute atomic E-state index is 0.111. The molecule has 5 aromatic rings. The van der Waals surface area contributed by atoms with E-state index in [1.54, 1.807) is 12.1 Å². The molecular formula is C41H45F2N5O4. The number of piperidine rings is 1. The van der Waals surface area contributed by atoms with Crippen LogP contribution in [-0.2, 0) is 12.0 Å². The van der Waals surface area contributed by atoms with Crippen molar-refractivity contribution >= 4 is 22.9 Å². The second kappa shape index (κ2) is 15.2. The van der Waals surface area contributed by atoms with Gasteiger partial charge in [-0.15, -0.1) is 0 Å². The van der Waals surface area contributed by atoms with Crippen molar-refractivity contribution in [1.29, 1.82) is 0 Å². The van der Waals surface area contributed by atoms with Crippen molar-refractivity contribution < 1.29 is 27.8 Å². The van der Waals surface area contributed by atoms with Gasteiger partial charge in [-0.1, -0.05) is 36.4 Å². The fraction of sp³-hybridized carbons (Fsp3) is 0.366. The lowest BCUT2D eigenvalue weighted by molar-refractivity contribution is 0.0779. The van der Waals surface area contributed by atoms with Crippen LogP contribution in [0.4, 0.5) is 14.7 Å². The number of carbonyl (C=O) groups excluding carboxylic acids is 1. The van der Waals surface area contributed by atoms with Crippen molar-refractivity contribution in [2.75, 3.05) is 59.4 Å². The molecule has 2 aliphatic rings. The van der Waals surface area contributed by atoms with Crippen molar-refractivity contribution in [2.24, 2.45) is 0 Å². The first-order valence-electron chi connectivity index (χ1n) is 17.8. The van der Waals surface area contributed by atoms with Gasteiger partial charge in [-0.05, 0) is 91.9 Å². The number of aromatic nitrogens is 2. The number of para-hydroxylation sites is 2. The molecule has 9 nitrogen and oxygen atoms in total. The zero-order valence-electron chi connectivity index (χ0n) is 29.9. The van der Waals surface area contributed by atoms with Crippen molar-refractivity contribution in [3.63, 3.8) is 0 Å². The van der Waals surface area contributed by atoms with Gasteiger partial charge in [0.15, 0.2) is 11.5 Å². The molecule has 2 saturated heterocycles. The quantitative estimate of drug-likeness (QED) is 0.148. The van der Waals surface area contributed by atoms with E-state index in [0.717, 1.165) is 73.4 Å². The van der Waals surface area contributed by atoms with Crippen LogP contribution in [0.15, 0.2) is 84.9 Å². The van der Waals surface area contributed by atoms with Crippen LogP contribution >= 0.6 is 0 Å². The Morgan fingerprint density at radius 1 is 0.865 bits per heavy atom. The maximum atomic E-state index is 14.1. The third kappa shape index (κ3) is 7.27. The van der Waals surface area contributed by atoms with Crippen LogP contribution in [0.3, 0.4) is 0 Å². The van der Waals surface area contributed by atoms with Gasteiger partial charge in [0.05, 0.1) is 38.9 Å². The molecule has 1 amide bonds. The van der Waals surface area contributed by atoms with Gasteiger partial charge in [0, 0.05) is 43.2 Å². The first-order chi connectivity index (χ1) is 25.3. The molecule has 2 fully saturated rings. The molecular weight excluding hydrogens is 664 g/mol.